The third kappa shape index (κ3) is 28.9. The van der Waals surface area contributed by atoms with Gasteiger partial charge in [0.2, 0.25) is 5.91 Å². The molecule has 0 bridgehead atoms. The second-order valence-electron chi connectivity index (χ2n) is 11.0. The molecule has 0 heterocycles. The molecule has 3 atom stereocenters. The number of phosphoric ester groups is 1. The van der Waals surface area contributed by atoms with Gasteiger partial charge < -0.3 is 21.1 Å². The predicted molar refractivity (Wildman–Crippen MR) is 184 cm³/mol. The molecule has 3 unspecified atom stereocenters. The Morgan fingerprint density at radius 1 is 0.773 bits per heavy atom. The molecule has 0 rings (SSSR count). The normalized spacial score (nSPS) is 15.3. The summed E-state index contributed by atoms with van der Waals surface area (Å²) in [5, 5.41) is 13.5. The molecule has 44 heavy (non-hydrogen) atoms. The molecule has 0 saturated heterocycles. The van der Waals surface area contributed by atoms with Gasteiger partial charge in [0.1, 0.15) is 0 Å². The quantitative estimate of drug-likeness (QED) is 0.0353. The molecule has 0 aliphatic carbocycles. The number of unbranched alkanes of at least 4 members (excludes halogenated alkanes) is 10. The minimum absolute atomic E-state index is 0.0685. The van der Waals surface area contributed by atoms with E-state index in [1.807, 2.05) is 6.08 Å². The van der Waals surface area contributed by atoms with Gasteiger partial charge in [-0.15, -0.1) is 0 Å². The van der Waals surface area contributed by atoms with Gasteiger partial charge in [-0.2, -0.15) is 0 Å². The summed E-state index contributed by atoms with van der Waals surface area (Å²) in [5.41, 5.74) is 5.33. The van der Waals surface area contributed by atoms with E-state index in [0.29, 0.717) is 12.8 Å². The highest BCUT2D eigenvalue weighted by Gasteiger charge is 2.26. The lowest BCUT2D eigenvalue weighted by atomic mass is 10.1. The molecule has 0 fully saturated rings. The van der Waals surface area contributed by atoms with Gasteiger partial charge in [-0.25, -0.2) is 4.57 Å². The molecule has 9 heteroatoms. The van der Waals surface area contributed by atoms with Gasteiger partial charge in [-0.3, -0.25) is 13.8 Å². The molecule has 0 aromatic carbocycles. The lowest BCUT2D eigenvalue weighted by Gasteiger charge is -2.23. The van der Waals surface area contributed by atoms with Crippen LogP contribution in [0.15, 0.2) is 60.8 Å². The van der Waals surface area contributed by atoms with Gasteiger partial charge >= 0.3 is 7.82 Å². The van der Waals surface area contributed by atoms with Crippen molar-refractivity contribution in [1.82, 2.24) is 5.32 Å². The Bertz CT molecular complexity index is 871. The Morgan fingerprint density at radius 2 is 1.32 bits per heavy atom. The number of carbonyl (C=O) groups excluding carboxylic acids is 1. The van der Waals surface area contributed by atoms with Crippen molar-refractivity contribution in [2.24, 2.45) is 5.73 Å². The zero-order valence-electron chi connectivity index (χ0n) is 27.6. The van der Waals surface area contributed by atoms with Crippen molar-refractivity contribution in [2.45, 2.75) is 135 Å². The minimum atomic E-state index is -4.34. The number of rotatable bonds is 30. The third-order valence-corrected chi connectivity index (χ3v) is 7.83. The van der Waals surface area contributed by atoms with Crippen LogP contribution in [-0.2, 0) is 18.4 Å². The molecule has 1 amide bonds. The van der Waals surface area contributed by atoms with Crippen molar-refractivity contribution in [3.8, 4) is 0 Å². The number of hydrogen-bond donors (Lipinski definition) is 4. The first-order valence-corrected chi connectivity index (χ1v) is 18.4. The molecule has 0 aliphatic rings. The average Bonchev–Trinajstić information content (AvgIpc) is 3.01. The summed E-state index contributed by atoms with van der Waals surface area (Å²) in [5.74, 6) is -0.241. The molecule has 5 N–H and O–H groups in total. The summed E-state index contributed by atoms with van der Waals surface area (Å²) in [6.07, 6.45) is 37.0. The fourth-order valence-corrected chi connectivity index (χ4v) is 5.06. The van der Waals surface area contributed by atoms with Crippen molar-refractivity contribution in [1.29, 1.82) is 0 Å². The summed E-state index contributed by atoms with van der Waals surface area (Å²) < 4.78 is 21.9. The van der Waals surface area contributed by atoms with Gasteiger partial charge in [0.05, 0.1) is 25.4 Å². The van der Waals surface area contributed by atoms with Crippen LogP contribution in [-0.4, -0.2) is 47.8 Å². The Hall–Kier alpha value is -1.80. The Kier molecular flexibility index (Phi) is 29.9. The summed E-state index contributed by atoms with van der Waals surface area (Å²) >= 11 is 0. The first-order chi connectivity index (χ1) is 21.4. The van der Waals surface area contributed by atoms with E-state index in [9.17, 15) is 19.4 Å². The van der Waals surface area contributed by atoms with E-state index in [2.05, 4.69) is 67.8 Å². The van der Waals surface area contributed by atoms with Gasteiger partial charge in [0.15, 0.2) is 0 Å². The number of nitrogens with two attached hydrogens (primary N) is 1. The number of nitrogens with one attached hydrogen (secondary N) is 1. The van der Waals surface area contributed by atoms with Crippen LogP contribution in [0, 0.1) is 0 Å². The van der Waals surface area contributed by atoms with Crippen LogP contribution >= 0.6 is 7.82 Å². The molecule has 8 nitrogen and oxygen atoms in total. The van der Waals surface area contributed by atoms with Crippen molar-refractivity contribution in [3.05, 3.63) is 60.8 Å². The van der Waals surface area contributed by atoms with E-state index in [1.54, 1.807) is 6.08 Å². The summed E-state index contributed by atoms with van der Waals surface area (Å²) in [6.45, 7) is 3.92. The monoisotopic (exact) mass is 638 g/mol. The van der Waals surface area contributed by atoms with Crippen molar-refractivity contribution in [3.63, 3.8) is 0 Å². The molecule has 0 spiro atoms. The lowest BCUT2D eigenvalue weighted by molar-refractivity contribution is -0.123. The maximum absolute atomic E-state index is 12.6. The van der Waals surface area contributed by atoms with E-state index < -0.39 is 20.0 Å². The molecule has 0 aliphatic heterocycles. The molecule has 0 radical (unpaired) electrons. The Labute approximate surface area is 268 Å². The van der Waals surface area contributed by atoms with Crippen LogP contribution in [0.2, 0.25) is 0 Å². The van der Waals surface area contributed by atoms with Gasteiger partial charge in [-0.1, -0.05) is 120 Å². The van der Waals surface area contributed by atoms with Crippen LogP contribution in [0.4, 0.5) is 0 Å². The number of phosphoric acid groups is 1. The van der Waals surface area contributed by atoms with E-state index in [1.165, 1.54) is 38.5 Å². The number of amides is 1. The van der Waals surface area contributed by atoms with Crippen LogP contribution in [0.3, 0.4) is 0 Å². The van der Waals surface area contributed by atoms with E-state index in [0.717, 1.165) is 57.8 Å². The number of aliphatic hydroxyl groups is 1. The van der Waals surface area contributed by atoms with Gasteiger partial charge in [-0.05, 0) is 57.8 Å². The SMILES string of the molecule is CC/C=C\C/C=C\C/C=C\C/C=C\CCCCC(=O)NC(COP(=O)(O)OCCN)C(O)/C=C/CCCCCCCCCC. The van der Waals surface area contributed by atoms with Crippen LogP contribution < -0.4 is 11.1 Å². The van der Waals surface area contributed by atoms with Crippen molar-refractivity contribution < 1.29 is 28.4 Å². The molecular weight excluding hydrogens is 575 g/mol. The number of allylic oxidation sites excluding steroid dienone is 9. The summed E-state index contributed by atoms with van der Waals surface area (Å²) in [6, 6.07) is -0.881. The van der Waals surface area contributed by atoms with Gasteiger partial charge in [0, 0.05) is 13.0 Å². The second-order valence-corrected chi connectivity index (χ2v) is 12.4. The number of carbonyl (C=O) groups is 1. The van der Waals surface area contributed by atoms with Crippen molar-refractivity contribution in [2.75, 3.05) is 19.8 Å². The fraction of sp³-hybridized carbons (Fsp3) is 0.686. The zero-order valence-corrected chi connectivity index (χ0v) is 28.5. The van der Waals surface area contributed by atoms with Crippen molar-refractivity contribution >= 4 is 13.7 Å². The molecule has 0 aromatic rings. The number of hydrogen-bond acceptors (Lipinski definition) is 6. The van der Waals surface area contributed by atoms with Crippen LogP contribution in [0.25, 0.3) is 0 Å². The molecule has 0 saturated carbocycles. The zero-order chi connectivity index (χ0) is 32.6. The van der Waals surface area contributed by atoms with Gasteiger partial charge in [0.25, 0.3) is 0 Å². The minimum Gasteiger partial charge on any atom is -0.387 e. The van der Waals surface area contributed by atoms with E-state index >= 15 is 0 Å². The second kappa shape index (κ2) is 31.2. The standard InChI is InChI=1S/C35H63N2O6P/c1-3-5-7-9-11-13-15-16-17-18-19-21-23-25-27-29-35(39)37-33(32-43-44(40,41)42-31-30-36)34(38)28-26-24-22-20-14-12-10-8-6-4-2/h5,7,11,13,16-17,19,21,26,28,33-34,38H,3-4,6,8-10,12,14-15,18,20,22-25,27,29-32,36H2,1-2H3,(H,37,39)(H,40,41)/b7-5-,13-11-,17-16-,21-19-,28-26+. The van der Waals surface area contributed by atoms with E-state index in [4.69, 9.17) is 14.8 Å². The summed E-state index contributed by atoms with van der Waals surface area (Å²) in [4.78, 5) is 22.5. The average molecular weight is 639 g/mol. The van der Waals surface area contributed by atoms with Crippen LogP contribution in [0.1, 0.15) is 123 Å². The Balaban J connectivity index is 4.48. The smallest absolute Gasteiger partial charge is 0.387 e. The highest BCUT2D eigenvalue weighted by Crippen LogP contribution is 2.43. The maximum atomic E-state index is 12.6. The first kappa shape index (κ1) is 42.2. The highest BCUT2D eigenvalue weighted by atomic mass is 31.2. The third-order valence-electron chi connectivity index (χ3n) is 6.85. The molecular formula is C35H63N2O6P. The number of aliphatic hydroxyl groups excluding tert-OH is 1. The fourth-order valence-electron chi connectivity index (χ4n) is 4.30. The predicted octanol–water partition coefficient (Wildman–Crippen LogP) is 8.38. The highest BCUT2D eigenvalue weighted by molar-refractivity contribution is 7.47. The van der Waals surface area contributed by atoms with E-state index in [-0.39, 0.29) is 25.7 Å². The van der Waals surface area contributed by atoms with Crippen LogP contribution in [0.5, 0.6) is 0 Å². The molecule has 0 aromatic heterocycles. The lowest BCUT2D eigenvalue weighted by Crippen LogP contribution is -2.45. The topological polar surface area (TPSA) is 131 Å². The maximum Gasteiger partial charge on any atom is 0.472 e. The Morgan fingerprint density at radius 3 is 1.93 bits per heavy atom. The molecule has 254 valence electrons. The summed E-state index contributed by atoms with van der Waals surface area (Å²) in [7, 11) is -4.34. The largest absolute Gasteiger partial charge is 0.472 e. The first-order valence-electron chi connectivity index (χ1n) is 16.9.